The van der Waals surface area contributed by atoms with Crippen LogP contribution in [0.15, 0.2) is 30.2 Å². The van der Waals surface area contributed by atoms with Crippen molar-refractivity contribution in [2.24, 2.45) is 0 Å². The number of rotatable bonds is 7. The van der Waals surface area contributed by atoms with Gasteiger partial charge < -0.3 is 15.2 Å². The van der Waals surface area contributed by atoms with Crippen LogP contribution in [-0.2, 0) is 0 Å². The third kappa shape index (κ3) is 3.40. The average Bonchev–Trinajstić information content (AvgIpc) is 3.15. The van der Waals surface area contributed by atoms with Gasteiger partial charge in [-0.2, -0.15) is 0 Å². The molecule has 5 nitrogen and oxygen atoms in total. The van der Waals surface area contributed by atoms with Gasteiger partial charge in [-0.15, -0.1) is 0 Å². The van der Waals surface area contributed by atoms with Gasteiger partial charge >= 0.3 is 6.03 Å². The molecule has 1 unspecified atom stereocenters. The van der Waals surface area contributed by atoms with E-state index in [1.807, 2.05) is 12.5 Å². The largest absolute Gasteiger partial charge is 0.336 e. The van der Waals surface area contributed by atoms with Gasteiger partial charge in [0.2, 0.25) is 0 Å². The minimum Gasteiger partial charge on any atom is -0.336 e. The maximum Gasteiger partial charge on any atom is 0.315 e. The van der Waals surface area contributed by atoms with E-state index in [1.165, 1.54) is 16.8 Å². The molecule has 2 heterocycles. The van der Waals surface area contributed by atoms with Crippen LogP contribution in [0.4, 0.5) is 4.79 Å². The highest BCUT2D eigenvalue weighted by Crippen LogP contribution is 2.41. The lowest BCUT2D eigenvalue weighted by atomic mass is 9.94. The standard InChI is InChI=1S/C19H28N4O/c1-3-7-14(8-4-2)22-19(24)21-12-18-16-10-6-5-9-15(16)17-11-20-13-23(17)18/h6,10-11,13-14,18H,3-5,7-9,12H2,1-2H3,(H2,21,22,24). The second-order valence-electron chi connectivity index (χ2n) is 6.71. The van der Waals surface area contributed by atoms with Crippen LogP contribution in [0.5, 0.6) is 0 Å². The van der Waals surface area contributed by atoms with Crippen molar-refractivity contribution in [3.05, 3.63) is 35.9 Å². The van der Waals surface area contributed by atoms with Crippen molar-refractivity contribution in [2.45, 2.75) is 64.5 Å². The number of nitrogens with zero attached hydrogens (tertiary/aromatic N) is 2. The van der Waals surface area contributed by atoms with Gasteiger partial charge in [0.1, 0.15) is 0 Å². The molecule has 0 saturated carbocycles. The summed E-state index contributed by atoms with van der Waals surface area (Å²) in [5.41, 5.74) is 3.92. The van der Waals surface area contributed by atoms with Gasteiger partial charge in [0.05, 0.1) is 24.3 Å². The van der Waals surface area contributed by atoms with E-state index in [-0.39, 0.29) is 18.1 Å². The van der Waals surface area contributed by atoms with Crippen molar-refractivity contribution >= 4 is 11.6 Å². The van der Waals surface area contributed by atoms with Gasteiger partial charge in [0.15, 0.2) is 0 Å². The number of imidazole rings is 1. The summed E-state index contributed by atoms with van der Waals surface area (Å²) < 4.78 is 2.19. The van der Waals surface area contributed by atoms with Gasteiger partial charge in [-0.1, -0.05) is 38.8 Å². The Morgan fingerprint density at radius 2 is 2.17 bits per heavy atom. The molecule has 0 fully saturated rings. The predicted molar refractivity (Wildman–Crippen MR) is 96.7 cm³/mol. The molecule has 2 aliphatic rings. The quantitative estimate of drug-likeness (QED) is 0.799. The lowest BCUT2D eigenvalue weighted by Crippen LogP contribution is -2.43. The second-order valence-corrected chi connectivity index (χ2v) is 6.71. The predicted octanol–water partition coefficient (Wildman–Crippen LogP) is 3.81. The molecule has 1 aromatic heterocycles. The first-order chi connectivity index (χ1) is 11.7. The van der Waals surface area contributed by atoms with Gasteiger partial charge in [-0.05, 0) is 36.8 Å². The Morgan fingerprint density at radius 3 is 2.92 bits per heavy atom. The van der Waals surface area contributed by atoms with E-state index in [0.717, 1.165) is 38.5 Å². The van der Waals surface area contributed by atoms with E-state index in [1.54, 1.807) is 0 Å². The minimum absolute atomic E-state index is 0.0580. The molecule has 1 aliphatic heterocycles. The zero-order chi connectivity index (χ0) is 16.9. The Kier molecular flexibility index (Phi) is 5.38. The molecule has 1 aromatic rings. The molecule has 0 aromatic carbocycles. The number of nitrogens with one attached hydrogen (secondary N) is 2. The van der Waals surface area contributed by atoms with Crippen LogP contribution >= 0.6 is 0 Å². The van der Waals surface area contributed by atoms with Crippen LogP contribution in [0, 0.1) is 0 Å². The topological polar surface area (TPSA) is 59.0 Å². The average molecular weight is 328 g/mol. The summed E-state index contributed by atoms with van der Waals surface area (Å²) in [7, 11) is 0. The van der Waals surface area contributed by atoms with Crippen molar-refractivity contribution in [2.75, 3.05) is 6.54 Å². The highest BCUT2D eigenvalue weighted by molar-refractivity contribution is 5.76. The van der Waals surface area contributed by atoms with Crippen molar-refractivity contribution in [3.8, 4) is 0 Å². The number of hydrogen-bond acceptors (Lipinski definition) is 2. The SMILES string of the molecule is CCCC(CCC)NC(=O)NCC1C2=C(CCC=C2)c2cncn21. The van der Waals surface area contributed by atoms with Crippen LogP contribution in [0.3, 0.4) is 0 Å². The Hall–Kier alpha value is -2.04. The van der Waals surface area contributed by atoms with E-state index in [0.29, 0.717) is 6.54 Å². The van der Waals surface area contributed by atoms with E-state index >= 15 is 0 Å². The Morgan fingerprint density at radius 1 is 1.38 bits per heavy atom. The minimum atomic E-state index is -0.0580. The molecular weight excluding hydrogens is 300 g/mol. The number of carbonyl (C=O) groups excluding carboxylic acids is 1. The molecule has 2 amide bonds. The van der Waals surface area contributed by atoms with Crippen LogP contribution < -0.4 is 10.6 Å². The van der Waals surface area contributed by atoms with Gasteiger partial charge in [0, 0.05) is 12.6 Å². The Balaban J connectivity index is 1.61. The second kappa shape index (κ2) is 7.69. The molecule has 3 rings (SSSR count). The van der Waals surface area contributed by atoms with E-state index in [4.69, 9.17) is 0 Å². The lowest BCUT2D eigenvalue weighted by Gasteiger charge is -2.21. The van der Waals surface area contributed by atoms with Crippen LogP contribution in [-0.4, -0.2) is 28.2 Å². The number of aromatic nitrogens is 2. The third-order valence-corrected chi connectivity index (χ3v) is 4.94. The number of fused-ring (bicyclic) bond motifs is 2. The summed E-state index contributed by atoms with van der Waals surface area (Å²) >= 11 is 0. The molecular formula is C19H28N4O. The number of hydrogen-bond donors (Lipinski definition) is 2. The zero-order valence-electron chi connectivity index (χ0n) is 14.7. The summed E-state index contributed by atoms with van der Waals surface area (Å²) in [6.07, 6.45) is 14.7. The van der Waals surface area contributed by atoms with Crippen molar-refractivity contribution in [1.29, 1.82) is 0 Å². The van der Waals surface area contributed by atoms with E-state index in [2.05, 4.69) is 46.2 Å². The fourth-order valence-electron chi connectivity index (χ4n) is 3.83. The molecule has 130 valence electrons. The van der Waals surface area contributed by atoms with Gasteiger partial charge in [-0.25, -0.2) is 9.78 Å². The lowest BCUT2D eigenvalue weighted by molar-refractivity contribution is 0.234. The maximum absolute atomic E-state index is 12.3. The molecule has 2 N–H and O–H groups in total. The fraction of sp³-hybridized carbons (Fsp3) is 0.579. The molecule has 0 saturated heterocycles. The van der Waals surface area contributed by atoms with Crippen LogP contribution in [0.2, 0.25) is 0 Å². The Bertz CT molecular complexity index is 638. The van der Waals surface area contributed by atoms with Gasteiger partial charge in [0.25, 0.3) is 0 Å². The van der Waals surface area contributed by atoms with E-state index in [9.17, 15) is 4.79 Å². The highest BCUT2D eigenvalue weighted by atomic mass is 16.2. The first kappa shape index (κ1) is 16.8. The number of allylic oxidation sites excluding steroid dienone is 3. The fourth-order valence-corrected chi connectivity index (χ4v) is 3.83. The van der Waals surface area contributed by atoms with Crippen molar-refractivity contribution in [3.63, 3.8) is 0 Å². The number of carbonyl (C=O) groups is 1. The highest BCUT2D eigenvalue weighted by Gasteiger charge is 2.30. The maximum atomic E-state index is 12.3. The monoisotopic (exact) mass is 328 g/mol. The number of amides is 2. The molecule has 1 atom stereocenters. The third-order valence-electron chi connectivity index (χ3n) is 4.94. The smallest absolute Gasteiger partial charge is 0.315 e. The first-order valence-electron chi connectivity index (χ1n) is 9.20. The molecule has 24 heavy (non-hydrogen) atoms. The van der Waals surface area contributed by atoms with Crippen LogP contribution in [0.25, 0.3) is 5.57 Å². The molecule has 0 radical (unpaired) electrons. The van der Waals surface area contributed by atoms with E-state index < -0.39 is 0 Å². The molecule has 1 aliphatic carbocycles. The normalized spacial score (nSPS) is 18.7. The summed E-state index contributed by atoms with van der Waals surface area (Å²) in [5.74, 6) is 0. The summed E-state index contributed by atoms with van der Waals surface area (Å²) in [5, 5.41) is 6.19. The summed E-state index contributed by atoms with van der Waals surface area (Å²) in [6.45, 7) is 4.92. The van der Waals surface area contributed by atoms with Crippen molar-refractivity contribution < 1.29 is 4.79 Å². The molecule has 0 spiro atoms. The first-order valence-corrected chi connectivity index (χ1v) is 9.20. The summed E-state index contributed by atoms with van der Waals surface area (Å²) in [4.78, 5) is 16.6. The molecule has 5 heteroatoms. The van der Waals surface area contributed by atoms with Crippen LogP contribution in [0.1, 0.15) is 64.1 Å². The zero-order valence-corrected chi connectivity index (χ0v) is 14.7. The molecule has 0 bridgehead atoms. The number of urea groups is 1. The van der Waals surface area contributed by atoms with Gasteiger partial charge in [-0.3, -0.25) is 0 Å². The van der Waals surface area contributed by atoms with Crippen molar-refractivity contribution in [1.82, 2.24) is 20.2 Å². The Labute approximate surface area is 144 Å². The summed E-state index contributed by atoms with van der Waals surface area (Å²) in [6, 6.07) is 0.379.